The van der Waals surface area contributed by atoms with Gasteiger partial charge in [-0.25, -0.2) is 8.78 Å². The maximum atomic E-state index is 13.0. The number of benzene rings is 1. The molecule has 5 heteroatoms. The van der Waals surface area contributed by atoms with Crippen molar-refractivity contribution in [3.63, 3.8) is 0 Å². The summed E-state index contributed by atoms with van der Waals surface area (Å²) < 4.78 is 25.8. The topological polar surface area (TPSA) is 63.3 Å². The van der Waals surface area contributed by atoms with Crippen LogP contribution in [0.1, 0.15) is 18.9 Å². The lowest BCUT2D eigenvalue weighted by atomic mass is 9.79. The molecule has 3 nitrogen and oxygen atoms in total. The summed E-state index contributed by atoms with van der Waals surface area (Å²) in [5, 5.41) is 8.74. The molecule has 0 aliphatic heterocycles. The van der Waals surface area contributed by atoms with Gasteiger partial charge in [0.15, 0.2) is 11.6 Å². The maximum absolute atomic E-state index is 13.0. The van der Waals surface area contributed by atoms with Crippen molar-refractivity contribution in [2.75, 3.05) is 6.54 Å². The van der Waals surface area contributed by atoms with Crippen molar-refractivity contribution in [3.8, 4) is 0 Å². The molecule has 0 aliphatic carbocycles. The summed E-state index contributed by atoms with van der Waals surface area (Å²) in [5.74, 6) is -2.99. The first-order valence-corrected chi connectivity index (χ1v) is 4.76. The zero-order valence-corrected chi connectivity index (χ0v) is 8.84. The van der Waals surface area contributed by atoms with E-state index in [1.807, 2.05) is 0 Å². The molecule has 0 amide bonds. The SMILES string of the molecule is CC(CN)(CC(=O)O)c1ccc(F)c(F)c1. The van der Waals surface area contributed by atoms with Crippen molar-refractivity contribution in [2.45, 2.75) is 18.8 Å². The third-order valence-corrected chi connectivity index (χ3v) is 2.61. The summed E-state index contributed by atoms with van der Waals surface area (Å²) in [7, 11) is 0. The highest BCUT2D eigenvalue weighted by molar-refractivity contribution is 5.69. The van der Waals surface area contributed by atoms with Crippen LogP contribution in [0.2, 0.25) is 0 Å². The van der Waals surface area contributed by atoms with Gasteiger partial charge in [0.05, 0.1) is 6.42 Å². The molecule has 1 aromatic carbocycles. The molecule has 88 valence electrons. The van der Waals surface area contributed by atoms with E-state index in [2.05, 4.69) is 0 Å². The van der Waals surface area contributed by atoms with Crippen LogP contribution < -0.4 is 5.73 Å². The van der Waals surface area contributed by atoms with Crippen LogP contribution in [0.15, 0.2) is 18.2 Å². The predicted molar refractivity (Wildman–Crippen MR) is 55.0 cm³/mol. The van der Waals surface area contributed by atoms with Gasteiger partial charge in [0.25, 0.3) is 0 Å². The summed E-state index contributed by atoms with van der Waals surface area (Å²) in [6.07, 6.45) is -0.228. The molecule has 0 fully saturated rings. The van der Waals surface area contributed by atoms with E-state index in [1.165, 1.54) is 6.07 Å². The van der Waals surface area contributed by atoms with Crippen molar-refractivity contribution in [3.05, 3.63) is 35.4 Å². The Hall–Kier alpha value is -1.49. The Labute approximate surface area is 91.9 Å². The third kappa shape index (κ3) is 2.55. The highest BCUT2D eigenvalue weighted by Gasteiger charge is 2.28. The fourth-order valence-corrected chi connectivity index (χ4v) is 1.50. The van der Waals surface area contributed by atoms with Crippen LogP contribution in [0.4, 0.5) is 8.78 Å². The lowest BCUT2D eigenvalue weighted by Crippen LogP contribution is -2.34. The summed E-state index contributed by atoms with van der Waals surface area (Å²) in [4.78, 5) is 10.7. The fourth-order valence-electron chi connectivity index (χ4n) is 1.50. The van der Waals surface area contributed by atoms with Crippen LogP contribution in [0.25, 0.3) is 0 Å². The zero-order chi connectivity index (χ0) is 12.3. The average molecular weight is 229 g/mol. The third-order valence-electron chi connectivity index (χ3n) is 2.61. The minimum Gasteiger partial charge on any atom is -0.481 e. The van der Waals surface area contributed by atoms with Gasteiger partial charge in [-0.2, -0.15) is 0 Å². The van der Waals surface area contributed by atoms with Gasteiger partial charge in [-0.15, -0.1) is 0 Å². The standard InChI is InChI=1S/C11H13F2NO2/c1-11(6-14,5-10(15)16)7-2-3-8(12)9(13)4-7/h2-4H,5-6,14H2,1H3,(H,15,16). The number of hydrogen-bond donors (Lipinski definition) is 2. The quantitative estimate of drug-likeness (QED) is 0.825. The van der Waals surface area contributed by atoms with Crippen LogP contribution in [0, 0.1) is 11.6 Å². The molecule has 0 radical (unpaired) electrons. The van der Waals surface area contributed by atoms with Crippen molar-refractivity contribution in [2.24, 2.45) is 5.73 Å². The highest BCUT2D eigenvalue weighted by Crippen LogP contribution is 2.27. The largest absolute Gasteiger partial charge is 0.481 e. The maximum Gasteiger partial charge on any atom is 0.304 e. The fraction of sp³-hybridized carbons (Fsp3) is 0.364. The molecule has 0 saturated carbocycles. The number of aliphatic carboxylic acids is 1. The van der Waals surface area contributed by atoms with E-state index in [4.69, 9.17) is 10.8 Å². The molecule has 0 saturated heterocycles. The zero-order valence-electron chi connectivity index (χ0n) is 8.84. The Morgan fingerprint density at radius 3 is 2.50 bits per heavy atom. The average Bonchev–Trinajstić information content (AvgIpc) is 2.21. The van der Waals surface area contributed by atoms with E-state index in [0.717, 1.165) is 12.1 Å². The summed E-state index contributed by atoms with van der Waals surface area (Å²) in [5.41, 5.74) is 4.99. The van der Waals surface area contributed by atoms with Crippen molar-refractivity contribution >= 4 is 5.97 Å². The second-order valence-electron chi connectivity index (χ2n) is 3.96. The first-order valence-electron chi connectivity index (χ1n) is 4.76. The van der Waals surface area contributed by atoms with Gasteiger partial charge in [0.1, 0.15) is 0 Å². The second-order valence-corrected chi connectivity index (χ2v) is 3.96. The van der Waals surface area contributed by atoms with E-state index in [9.17, 15) is 13.6 Å². The van der Waals surface area contributed by atoms with Gasteiger partial charge in [-0.3, -0.25) is 4.79 Å². The Bertz CT molecular complexity index is 409. The number of hydrogen-bond acceptors (Lipinski definition) is 2. The molecule has 16 heavy (non-hydrogen) atoms. The molecule has 3 N–H and O–H groups in total. The number of nitrogens with two attached hydrogens (primary N) is 1. The number of halogens is 2. The molecule has 1 atom stereocenters. The summed E-state index contributed by atoms with van der Waals surface area (Å²) in [6.45, 7) is 1.65. The van der Waals surface area contributed by atoms with E-state index >= 15 is 0 Å². The number of carbonyl (C=O) groups is 1. The molecule has 1 rings (SSSR count). The van der Waals surface area contributed by atoms with Crippen LogP contribution >= 0.6 is 0 Å². The molecule has 0 bridgehead atoms. The van der Waals surface area contributed by atoms with Crippen molar-refractivity contribution in [1.82, 2.24) is 0 Å². The number of rotatable bonds is 4. The normalized spacial score (nSPS) is 14.5. The van der Waals surface area contributed by atoms with Gasteiger partial charge in [0, 0.05) is 12.0 Å². The van der Waals surface area contributed by atoms with Crippen LogP contribution in [0.3, 0.4) is 0 Å². The second kappa shape index (κ2) is 4.57. The van der Waals surface area contributed by atoms with E-state index in [1.54, 1.807) is 6.92 Å². The van der Waals surface area contributed by atoms with E-state index < -0.39 is 23.0 Å². The first-order chi connectivity index (χ1) is 7.39. The highest BCUT2D eigenvalue weighted by atomic mass is 19.2. The summed E-state index contributed by atoms with van der Waals surface area (Å²) >= 11 is 0. The van der Waals surface area contributed by atoms with Gasteiger partial charge < -0.3 is 10.8 Å². The Balaban J connectivity index is 3.12. The molecular formula is C11H13F2NO2. The molecular weight excluding hydrogens is 216 g/mol. The smallest absolute Gasteiger partial charge is 0.304 e. The predicted octanol–water partition coefficient (Wildman–Crippen LogP) is 1.66. The Kier molecular flexibility index (Phi) is 3.59. The van der Waals surface area contributed by atoms with Crippen molar-refractivity contribution < 1.29 is 18.7 Å². The number of carboxylic acid groups (broad SMARTS) is 1. The monoisotopic (exact) mass is 229 g/mol. The van der Waals surface area contributed by atoms with E-state index in [-0.39, 0.29) is 13.0 Å². The van der Waals surface area contributed by atoms with Gasteiger partial charge in [-0.1, -0.05) is 13.0 Å². The van der Waals surface area contributed by atoms with Crippen LogP contribution in [0.5, 0.6) is 0 Å². The van der Waals surface area contributed by atoms with Crippen LogP contribution in [-0.4, -0.2) is 17.6 Å². The van der Waals surface area contributed by atoms with Gasteiger partial charge in [-0.05, 0) is 17.7 Å². The molecule has 1 unspecified atom stereocenters. The molecule has 0 heterocycles. The molecule has 0 aliphatic rings. The minimum absolute atomic E-state index is 0.0460. The van der Waals surface area contributed by atoms with Crippen LogP contribution in [-0.2, 0) is 10.2 Å². The summed E-state index contributed by atoms with van der Waals surface area (Å²) in [6, 6.07) is 3.32. The Morgan fingerprint density at radius 2 is 2.06 bits per heavy atom. The lowest BCUT2D eigenvalue weighted by molar-refractivity contribution is -0.138. The molecule has 0 spiro atoms. The minimum atomic E-state index is -1.03. The Morgan fingerprint density at radius 1 is 1.44 bits per heavy atom. The molecule has 1 aromatic rings. The number of carboxylic acids is 1. The lowest BCUT2D eigenvalue weighted by Gasteiger charge is -2.26. The van der Waals surface area contributed by atoms with Crippen molar-refractivity contribution in [1.29, 1.82) is 0 Å². The first kappa shape index (κ1) is 12.6. The van der Waals surface area contributed by atoms with Gasteiger partial charge in [0.2, 0.25) is 0 Å². The van der Waals surface area contributed by atoms with Gasteiger partial charge >= 0.3 is 5.97 Å². The van der Waals surface area contributed by atoms with E-state index in [0.29, 0.717) is 5.56 Å². The molecule has 0 aromatic heterocycles.